The van der Waals surface area contributed by atoms with Crippen LogP contribution in [0.5, 0.6) is 0 Å². The second-order valence-electron chi connectivity index (χ2n) is 5.85. The zero-order valence-electron chi connectivity index (χ0n) is 17.8. The summed E-state index contributed by atoms with van der Waals surface area (Å²) >= 11 is 0. The average Bonchev–Trinajstić information content (AvgIpc) is 2.70. The van der Waals surface area contributed by atoms with Crippen LogP contribution in [-0.2, 0) is 18.3 Å². The second kappa shape index (κ2) is 11.3. The summed E-state index contributed by atoms with van der Waals surface area (Å²) in [6.07, 6.45) is -10.0. The first-order chi connectivity index (χ1) is 13.6. The van der Waals surface area contributed by atoms with Gasteiger partial charge in [-0.05, 0) is 35.1 Å². The molecule has 0 aromatic heterocycles. The normalized spacial score (nSPS) is 11.7. The van der Waals surface area contributed by atoms with Crippen LogP contribution in [0.3, 0.4) is 0 Å². The quantitative estimate of drug-likeness (QED) is 0.437. The predicted molar refractivity (Wildman–Crippen MR) is 107 cm³/mol. The molecule has 0 saturated heterocycles. The molecule has 164 valence electrons. The van der Waals surface area contributed by atoms with Gasteiger partial charge in [-0.15, -0.1) is 0 Å². The number of aryl methyl sites for hydroxylation is 2. The lowest BCUT2D eigenvalue weighted by molar-refractivity contribution is -0.288. The van der Waals surface area contributed by atoms with Crippen molar-refractivity contribution in [2.24, 2.45) is 0 Å². The molecule has 0 aliphatic rings. The van der Waals surface area contributed by atoms with Crippen LogP contribution in [0.15, 0.2) is 48.5 Å². The van der Waals surface area contributed by atoms with Gasteiger partial charge in [0.05, 0.1) is 0 Å². The fourth-order valence-electron chi connectivity index (χ4n) is 2.96. The Morgan fingerprint density at radius 3 is 0.931 bits per heavy atom. The van der Waals surface area contributed by atoms with Gasteiger partial charge in [0.25, 0.3) is 0 Å². The van der Waals surface area contributed by atoms with Gasteiger partial charge in [0.2, 0.25) is 5.41 Å². The van der Waals surface area contributed by atoms with Gasteiger partial charge < -0.3 is 0 Å². The monoisotopic (exact) mass is 420 g/mol. The van der Waals surface area contributed by atoms with E-state index in [4.69, 9.17) is 0 Å². The molecule has 0 saturated carbocycles. The van der Waals surface area contributed by atoms with Crippen LogP contribution in [-0.4, -0.2) is 12.4 Å². The Balaban J connectivity index is 0.00000184. The molecule has 0 fully saturated rings. The van der Waals surface area contributed by atoms with E-state index in [0.29, 0.717) is 24.0 Å². The Labute approximate surface area is 170 Å². The maximum absolute atomic E-state index is 13.9. The van der Waals surface area contributed by atoms with Crippen molar-refractivity contribution < 1.29 is 26.3 Å². The van der Waals surface area contributed by atoms with E-state index >= 15 is 0 Å². The lowest BCUT2D eigenvalue weighted by Crippen LogP contribution is -2.54. The standard InChI is InChI=1S/C19H18F6.2C2H6/c1-3-13-5-9-15(10-6-13)17(18(20,21)22,19(23,24)25)16-11-7-14(4-2)8-12-16;2*1-2/h5-12H,3-4H2,1-2H3;2*1-2H3. The molecule has 6 heteroatoms. The highest BCUT2D eigenvalue weighted by Crippen LogP contribution is 2.56. The van der Waals surface area contributed by atoms with Crippen LogP contribution in [0.2, 0.25) is 0 Å². The van der Waals surface area contributed by atoms with Crippen molar-refractivity contribution in [1.29, 1.82) is 0 Å². The maximum Gasteiger partial charge on any atom is 0.411 e. The van der Waals surface area contributed by atoms with E-state index in [1.165, 1.54) is 24.3 Å². The van der Waals surface area contributed by atoms with Crippen LogP contribution in [0.1, 0.15) is 63.8 Å². The highest BCUT2D eigenvalue weighted by molar-refractivity contribution is 5.45. The molecule has 29 heavy (non-hydrogen) atoms. The first-order valence-corrected chi connectivity index (χ1v) is 9.90. The molecule has 0 amide bonds. The smallest absolute Gasteiger partial charge is 0.169 e. The molecule has 0 bridgehead atoms. The van der Waals surface area contributed by atoms with E-state index in [9.17, 15) is 26.3 Å². The van der Waals surface area contributed by atoms with E-state index in [-0.39, 0.29) is 0 Å². The molecule has 2 aromatic carbocycles. The molecule has 0 heterocycles. The first kappa shape index (κ1) is 27.0. The molecular weight excluding hydrogens is 390 g/mol. The minimum Gasteiger partial charge on any atom is -0.169 e. The van der Waals surface area contributed by atoms with E-state index in [2.05, 4.69) is 0 Å². The summed E-state index contributed by atoms with van der Waals surface area (Å²) in [4.78, 5) is 0. The van der Waals surface area contributed by atoms with Crippen molar-refractivity contribution in [3.63, 3.8) is 0 Å². The molecule has 0 nitrogen and oxygen atoms in total. The summed E-state index contributed by atoms with van der Waals surface area (Å²) in [5, 5.41) is 0. The highest BCUT2D eigenvalue weighted by atomic mass is 19.4. The first-order valence-electron chi connectivity index (χ1n) is 9.90. The molecule has 0 spiro atoms. The number of rotatable bonds is 4. The van der Waals surface area contributed by atoms with Gasteiger partial charge in [0, 0.05) is 0 Å². The van der Waals surface area contributed by atoms with Crippen molar-refractivity contribution in [2.45, 2.75) is 72.2 Å². The third-order valence-corrected chi connectivity index (χ3v) is 4.44. The molecule has 0 aliphatic carbocycles. The van der Waals surface area contributed by atoms with Crippen molar-refractivity contribution in [1.82, 2.24) is 0 Å². The van der Waals surface area contributed by atoms with Crippen LogP contribution >= 0.6 is 0 Å². The zero-order chi connectivity index (χ0) is 22.9. The summed E-state index contributed by atoms with van der Waals surface area (Å²) in [5.41, 5.74) is -4.37. The van der Waals surface area contributed by atoms with E-state index in [1.807, 2.05) is 27.7 Å². The Hall–Kier alpha value is -1.98. The topological polar surface area (TPSA) is 0 Å². The molecule has 0 radical (unpaired) electrons. The van der Waals surface area contributed by atoms with Crippen LogP contribution in [0, 0.1) is 0 Å². The van der Waals surface area contributed by atoms with Crippen LogP contribution in [0.25, 0.3) is 0 Å². The Morgan fingerprint density at radius 2 is 0.759 bits per heavy atom. The fraction of sp³-hybridized carbons (Fsp3) is 0.478. The van der Waals surface area contributed by atoms with Crippen molar-refractivity contribution >= 4 is 0 Å². The lowest BCUT2D eigenvalue weighted by atomic mass is 9.72. The minimum absolute atomic E-state index is 0.524. The van der Waals surface area contributed by atoms with E-state index in [1.54, 1.807) is 13.8 Å². The fourth-order valence-corrected chi connectivity index (χ4v) is 2.96. The largest absolute Gasteiger partial charge is 0.411 e. The molecule has 2 rings (SSSR count). The number of alkyl halides is 6. The summed E-state index contributed by atoms with van der Waals surface area (Å²) in [5.74, 6) is 0. The number of hydrogen-bond acceptors (Lipinski definition) is 0. The highest BCUT2D eigenvalue weighted by Gasteiger charge is 2.72. The maximum atomic E-state index is 13.9. The average molecular weight is 420 g/mol. The summed E-state index contributed by atoms with van der Waals surface area (Å²) in [6, 6.07) is 8.93. The zero-order valence-corrected chi connectivity index (χ0v) is 17.8. The minimum atomic E-state index is -5.54. The Morgan fingerprint density at radius 1 is 0.517 bits per heavy atom. The van der Waals surface area contributed by atoms with Gasteiger partial charge in [-0.3, -0.25) is 0 Å². The number of benzene rings is 2. The SMILES string of the molecule is CC.CC.CCc1ccc(C(c2ccc(CC)cc2)(C(F)(F)F)C(F)(F)F)cc1. The van der Waals surface area contributed by atoms with Gasteiger partial charge in [-0.25, -0.2) is 0 Å². The van der Waals surface area contributed by atoms with Crippen molar-refractivity contribution in [2.75, 3.05) is 0 Å². The Bertz CT molecular complexity index is 631. The third kappa shape index (κ3) is 5.55. The molecule has 0 N–H and O–H groups in total. The molecular formula is C23H30F6. The van der Waals surface area contributed by atoms with Gasteiger partial charge in [-0.1, -0.05) is 90.1 Å². The van der Waals surface area contributed by atoms with Crippen molar-refractivity contribution in [3.8, 4) is 0 Å². The molecule has 2 aromatic rings. The van der Waals surface area contributed by atoms with Crippen LogP contribution in [0.4, 0.5) is 26.3 Å². The predicted octanol–water partition coefficient (Wildman–Crippen LogP) is 8.27. The number of halogens is 6. The lowest BCUT2D eigenvalue weighted by Gasteiger charge is -2.38. The summed E-state index contributed by atoms with van der Waals surface area (Å²) in [7, 11) is 0. The third-order valence-electron chi connectivity index (χ3n) is 4.44. The molecule has 0 aliphatic heterocycles. The van der Waals surface area contributed by atoms with Gasteiger partial charge >= 0.3 is 12.4 Å². The molecule has 0 unspecified atom stereocenters. The summed E-state index contributed by atoms with van der Waals surface area (Å²) < 4.78 is 83.3. The number of hydrogen-bond donors (Lipinski definition) is 0. The second-order valence-corrected chi connectivity index (χ2v) is 5.85. The van der Waals surface area contributed by atoms with Crippen LogP contribution < -0.4 is 0 Å². The molecule has 0 atom stereocenters. The van der Waals surface area contributed by atoms with Gasteiger partial charge in [0.15, 0.2) is 0 Å². The summed E-state index contributed by atoms with van der Waals surface area (Å²) in [6.45, 7) is 11.6. The van der Waals surface area contributed by atoms with E-state index < -0.39 is 28.9 Å². The van der Waals surface area contributed by atoms with Gasteiger partial charge in [-0.2, -0.15) is 26.3 Å². The van der Waals surface area contributed by atoms with Crippen molar-refractivity contribution in [3.05, 3.63) is 70.8 Å². The van der Waals surface area contributed by atoms with E-state index in [0.717, 1.165) is 24.3 Å². The Kier molecular flexibility index (Phi) is 10.5. The van der Waals surface area contributed by atoms with Gasteiger partial charge in [0.1, 0.15) is 0 Å².